The second kappa shape index (κ2) is 9.33. The molecule has 0 fully saturated rings. The standard InChI is InChI=1S/C21H17ClFN3O3S2/c1-29-17-7-2-12(22)10-16(17)24-18(27)11-31-21-25-15-8-9-30-19(15)20(28)26(21)14-5-3-13(23)4-6-14/h2-7,10H,8-9,11H2,1H3,(H,24,27). The van der Waals surface area contributed by atoms with E-state index in [-0.39, 0.29) is 17.2 Å². The highest BCUT2D eigenvalue weighted by Crippen LogP contribution is 2.31. The fourth-order valence-electron chi connectivity index (χ4n) is 3.10. The number of benzene rings is 2. The molecular weight excluding hydrogens is 461 g/mol. The van der Waals surface area contributed by atoms with Crippen molar-refractivity contribution in [3.63, 3.8) is 0 Å². The van der Waals surface area contributed by atoms with Gasteiger partial charge in [0.1, 0.15) is 11.6 Å². The van der Waals surface area contributed by atoms with Gasteiger partial charge in [0.15, 0.2) is 5.16 Å². The van der Waals surface area contributed by atoms with Crippen LogP contribution in [0.2, 0.25) is 5.02 Å². The lowest BCUT2D eigenvalue weighted by Crippen LogP contribution is -2.24. The van der Waals surface area contributed by atoms with E-state index >= 15 is 0 Å². The summed E-state index contributed by atoms with van der Waals surface area (Å²) in [5.41, 5.74) is 1.47. The molecule has 0 spiro atoms. The van der Waals surface area contributed by atoms with Gasteiger partial charge < -0.3 is 10.1 Å². The second-order valence-electron chi connectivity index (χ2n) is 6.57. The molecule has 1 N–H and O–H groups in total. The number of aromatic nitrogens is 2. The quantitative estimate of drug-likeness (QED) is 0.418. The molecule has 1 aliphatic rings. The zero-order chi connectivity index (χ0) is 22.0. The number of hydrogen-bond donors (Lipinski definition) is 1. The predicted octanol–water partition coefficient (Wildman–Crippen LogP) is 4.41. The van der Waals surface area contributed by atoms with E-state index in [0.29, 0.717) is 38.6 Å². The molecule has 6 nitrogen and oxygen atoms in total. The third kappa shape index (κ3) is 4.73. The highest BCUT2D eigenvalue weighted by atomic mass is 35.5. The highest BCUT2D eigenvalue weighted by molar-refractivity contribution is 8.00. The van der Waals surface area contributed by atoms with E-state index < -0.39 is 5.82 Å². The Kier molecular flexibility index (Phi) is 6.54. The monoisotopic (exact) mass is 477 g/mol. The molecule has 4 rings (SSSR count). The number of amides is 1. The maximum atomic E-state index is 13.4. The van der Waals surface area contributed by atoms with Gasteiger partial charge in [-0.25, -0.2) is 9.37 Å². The lowest BCUT2D eigenvalue weighted by molar-refractivity contribution is -0.113. The Bertz CT molecular complexity index is 1200. The number of rotatable bonds is 6. The summed E-state index contributed by atoms with van der Waals surface area (Å²) in [5, 5.41) is 3.61. The van der Waals surface area contributed by atoms with Crippen molar-refractivity contribution in [1.29, 1.82) is 0 Å². The van der Waals surface area contributed by atoms with Gasteiger partial charge >= 0.3 is 0 Å². The summed E-state index contributed by atoms with van der Waals surface area (Å²) in [6.45, 7) is 0. The van der Waals surface area contributed by atoms with Gasteiger partial charge in [-0.1, -0.05) is 23.4 Å². The van der Waals surface area contributed by atoms with E-state index in [1.807, 2.05) is 0 Å². The van der Waals surface area contributed by atoms with Crippen LogP contribution in [0.1, 0.15) is 5.69 Å². The molecular formula is C21H17ClFN3O3S2. The molecule has 0 aliphatic carbocycles. The van der Waals surface area contributed by atoms with Crippen LogP contribution in [-0.2, 0) is 11.2 Å². The lowest BCUT2D eigenvalue weighted by Gasteiger charge is -2.14. The van der Waals surface area contributed by atoms with Crippen molar-refractivity contribution in [3.05, 3.63) is 69.4 Å². The summed E-state index contributed by atoms with van der Waals surface area (Å²) in [4.78, 5) is 30.9. The molecule has 2 heterocycles. The van der Waals surface area contributed by atoms with Gasteiger partial charge in [0.05, 0.1) is 34.8 Å². The number of methoxy groups -OCH3 is 1. The van der Waals surface area contributed by atoms with Gasteiger partial charge in [0.2, 0.25) is 5.91 Å². The lowest BCUT2D eigenvalue weighted by atomic mass is 10.3. The summed E-state index contributed by atoms with van der Waals surface area (Å²) in [6.07, 6.45) is 0.693. The molecule has 160 valence electrons. The molecule has 0 unspecified atom stereocenters. The maximum Gasteiger partial charge on any atom is 0.272 e. The summed E-state index contributed by atoms with van der Waals surface area (Å²) in [7, 11) is 1.50. The van der Waals surface area contributed by atoms with Crippen LogP contribution < -0.4 is 15.6 Å². The summed E-state index contributed by atoms with van der Waals surface area (Å²) in [5.74, 6) is 0.572. The Labute approximate surface area is 191 Å². The highest BCUT2D eigenvalue weighted by Gasteiger charge is 2.23. The molecule has 0 bridgehead atoms. The molecule has 3 aromatic rings. The first-order valence-corrected chi connectivity index (χ1v) is 11.6. The van der Waals surface area contributed by atoms with Crippen molar-refractivity contribution in [2.75, 3.05) is 23.9 Å². The molecule has 2 aromatic carbocycles. The van der Waals surface area contributed by atoms with Crippen LogP contribution in [0.5, 0.6) is 5.75 Å². The largest absolute Gasteiger partial charge is 0.495 e. The third-order valence-electron chi connectivity index (χ3n) is 4.52. The number of anilines is 1. The third-order valence-corrected chi connectivity index (χ3v) is 6.80. The Morgan fingerprint density at radius 3 is 2.84 bits per heavy atom. The zero-order valence-corrected chi connectivity index (χ0v) is 18.7. The molecule has 0 atom stereocenters. The fraction of sp³-hybridized carbons (Fsp3) is 0.190. The number of aryl methyl sites for hydroxylation is 1. The van der Waals surface area contributed by atoms with Gasteiger partial charge in [-0.2, -0.15) is 0 Å². The van der Waals surface area contributed by atoms with E-state index in [4.69, 9.17) is 16.3 Å². The number of fused-ring (bicyclic) bond motifs is 1. The van der Waals surface area contributed by atoms with Crippen LogP contribution in [0.25, 0.3) is 5.69 Å². The molecule has 0 saturated heterocycles. The van der Waals surface area contributed by atoms with Crippen molar-refractivity contribution in [1.82, 2.24) is 9.55 Å². The first kappa shape index (κ1) is 21.7. The van der Waals surface area contributed by atoms with Gasteiger partial charge in [-0.15, -0.1) is 11.8 Å². The van der Waals surface area contributed by atoms with Crippen molar-refractivity contribution >= 4 is 46.7 Å². The molecule has 1 aliphatic heterocycles. The zero-order valence-electron chi connectivity index (χ0n) is 16.4. The minimum atomic E-state index is -0.399. The van der Waals surface area contributed by atoms with Crippen molar-refractivity contribution in [2.24, 2.45) is 0 Å². The minimum absolute atomic E-state index is 0.00916. The van der Waals surface area contributed by atoms with Crippen LogP contribution in [-0.4, -0.2) is 34.1 Å². The van der Waals surface area contributed by atoms with E-state index in [0.717, 1.165) is 23.2 Å². The number of halogens is 2. The molecule has 0 radical (unpaired) electrons. The first-order chi connectivity index (χ1) is 15.0. The first-order valence-electron chi connectivity index (χ1n) is 9.27. The van der Waals surface area contributed by atoms with E-state index in [9.17, 15) is 14.0 Å². The molecule has 31 heavy (non-hydrogen) atoms. The number of hydrogen-bond acceptors (Lipinski definition) is 6. The van der Waals surface area contributed by atoms with E-state index in [1.54, 1.807) is 18.2 Å². The summed E-state index contributed by atoms with van der Waals surface area (Å²) >= 11 is 8.61. The Hall–Kier alpha value is -2.49. The van der Waals surface area contributed by atoms with Crippen molar-refractivity contribution in [3.8, 4) is 11.4 Å². The van der Waals surface area contributed by atoms with E-state index in [2.05, 4.69) is 10.3 Å². The topological polar surface area (TPSA) is 73.2 Å². The van der Waals surface area contributed by atoms with Crippen LogP contribution >= 0.6 is 35.1 Å². The van der Waals surface area contributed by atoms with E-state index in [1.165, 1.54) is 47.7 Å². The van der Waals surface area contributed by atoms with Crippen molar-refractivity contribution in [2.45, 2.75) is 16.5 Å². The van der Waals surface area contributed by atoms with Gasteiger partial charge in [-0.3, -0.25) is 14.2 Å². The average Bonchev–Trinajstić information content (AvgIpc) is 3.22. The fourth-order valence-corrected chi connectivity index (χ4v) is 5.13. The molecule has 10 heteroatoms. The Balaban J connectivity index is 1.60. The molecule has 1 amide bonds. The number of carbonyl (C=O) groups is 1. The van der Waals surface area contributed by atoms with Crippen LogP contribution in [0.15, 0.2) is 57.3 Å². The van der Waals surface area contributed by atoms with Crippen LogP contribution in [0.4, 0.5) is 10.1 Å². The number of ether oxygens (including phenoxy) is 1. The maximum absolute atomic E-state index is 13.4. The van der Waals surface area contributed by atoms with Crippen LogP contribution in [0.3, 0.4) is 0 Å². The van der Waals surface area contributed by atoms with Crippen LogP contribution in [0, 0.1) is 5.82 Å². The number of nitrogens with zero attached hydrogens (tertiary/aromatic N) is 2. The summed E-state index contributed by atoms with van der Waals surface area (Å²) < 4.78 is 20.1. The Morgan fingerprint density at radius 1 is 1.32 bits per heavy atom. The summed E-state index contributed by atoms with van der Waals surface area (Å²) in [6, 6.07) is 10.5. The number of carbonyl (C=O) groups excluding carboxylic acids is 1. The number of nitrogens with one attached hydrogen (secondary N) is 1. The minimum Gasteiger partial charge on any atom is -0.495 e. The second-order valence-corrected chi connectivity index (χ2v) is 9.05. The van der Waals surface area contributed by atoms with Gasteiger partial charge in [-0.05, 0) is 42.5 Å². The average molecular weight is 478 g/mol. The molecule has 0 saturated carbocycles. The molecule has 1 aromatic heterocycles. The predicted molar refractivity (Wildman–Crippen MR) is 122 cm³/mol. The normalized spacial score (nSPS) is 12.5. The SMILES string of the molecule is COc1ccc(Cl)cc1NC(=O)CSc1nc2c(c(=O)n1-c1ccc(F)cc1)SCC2. The van der Waals surface area contributed by atoms with Crippen molar-refractivity contribution < 1.29 is 13.9 Å². The Morgan fingerprint density at radius 2 is 2.10 bits per heavy atom. The smallest absolute Gasteiger partial charge is 0.272 e. The van der Waals surface area contributed by atoms with Gasteiger partial charge in [0, 0.05) is 17.2 Å². The van der Waals surface area contributed by atoms with Gasteiger partial charge in [0.25, 0.3) is 5.56 Å². The number of thioether (sulfide) groups is 2.